The van der Waals surface area contributed by atoms with Crippen LogP contribution in [0, 0.1) is 0 Å². The molecule has 1 aliphatic carbocycles. The van der Waals surface area contributed by atoms with Crippen molar-refractivity contribution in [2.24, 2.45) is 0 Å². The Labute approximate surface area is 121 Å². The molecule has 4 nitrogen and oxygen atoms in total. The van der Waals surface area contributed by atoms with Gasteiger partial charge in [-0.3, -0.25) is 4.79 Å². The van der Waals surface area contributed by atoms with Gasteiger partial charge in [0, 0.05) is 13.0 Å². The number of hydrogen-bond donors (Lipinski definition) is 2. The average molecular weight is 330 g/mol. The minimum Gasteiger partial charge on any atom is -0.454 e. The maximum Gasteiger partial charge on any atom is 0.222 e. The summed E-state index contributed by atoms with van der Waals surface area (Å²) in [7, 11) is 0. The fraction of sp³-hybridized carbons (Fsp3) is 0.643. The minimum absolute atomic E-state index is 0.0741. The maximum absolute atomic E-state index is 11.8. The summed E-state index contributed by atoms with van der Waals surface area (Å²) in [5, 5.41) is 13.1. The number of amides is 1. The van der Waals surface area contributed by atoms with Gasteiger partial charge in [-0.05, 0) is 40.9 Å². The first-order valence-electron chi connectivity index (χ1n) is 6.81. The molecule has 19 heavy (non-hydrogen) atoms. The molecular formula is C14H20BrNO3. The van der Waals surface area contributed by atoms with Crippen LogP contribution in [0.3, 0.4) is 0 Å². The van der Waals surface area contributed by atoms with E-state index in [0.29, 0.717) is 17.6 Å². The molecule has 5 heteroatoms. The van der Waals surface area contributed by atoms with E-state index in [1.165, 1.54) is 0 Å². The average Bonchev–Trinajstić information content (AvgIpc) is 2.75. The largest absolute Gasteiger partial charge is 0.454 e. The Kier molecular flexibility index (Phi) is 5.05. The lowest BCUT2D eigenvalue weighted by atomic mass is 9.82. The Hall–Kier alpha value is -0.810. The van der Waals surface area contributed by atoms with E-state index in [2.05, 4.69) is 21.2 Å². The predicted molar refractivity (Wildman–Crippen MR) is 75.8 cm³/mol. The highest BCUT2D eigenvalue weighted by molar-refractivity contribution is 9.10. The number of aliphatic hydroxyl groups is 1. The number of furan rings is 1. The van der Waals surface area contributed by atoms with E-state index in [-0.39, 0.29) is 12.3 Å². The van der Waals surface area contributed by atoms with Gasteiger partial charge in [0.2, 0.25) is 5.91 Å². The molecule has 0 radical (unpaired) electrons. The summed E-state index contributed by atoms with van der Waals surface area (Å²) in [5.74, 6) is 0.763. The second-order valence-electron chi connectivity index (χ2n) is 5.27. The second kappa shape index (κ2) is 6.57. The van der Waals surface area contributed by atoms with Crippen LogP contribution >= 0.6 is 15.9 Å². The minimum atomic E-state index is -0.782. The van der Waals surface area contributed by atoms with E-state index in [1.807, 2.05) is 12.1 Å². The van der Waals surface area contributed by atoms with E-state index >= 15 is 0 Å². The molecular weight excluding hydrogens is 310 g/mol. The SMILES string of the molecule is O=C(CC1(O)CCCCC1)NCCc1ccc(Br)o1. The lowest BCUT2D eigenvalue weighted by molar-refractivity contribution is -0.127. The molecule has 0 saturated heterocycles. The summed E-state index contributed by atoms with van der Waals surface area (Å²) in [6.45, 7) is 0.537. The van der Waals surface area contributed by atoms with Gasteiger partial charge in [0.05, 0.1) is 12.0 Å². The molecule has 1 aromatic heterocycles. The second-order valence-corrected chi connectivity index (χ2v) is 6.05. The third-order valence-electron chi connectivity index (χ3n) is 3.60. The number of carbonyl (C=O) groups is 1. The van der Waals surface area contributed by atoms with Gasteiger partial charge in [-0.15, -0.1) is 0 Å². The molecule has 106 valence electrons. The number of hydrogen-bond acceptors (Lipinski definition) is 3. The van der Waals surface area contributed by atoms with E-state index in [1.54, 1.807) is 0 Å². The van der Waals surface area contributed by atoms with Crippen molar-refractivity contribution < 1.29 is 14.3 Å². The van der Waals surface area contributed by atoms with Crippen LogP contribution in [0.2, 0.25) is 0 Å². The quantitative estimate of drug-likeness (QED) is 0.873. The molecule has 1 aromatic rings. The monoisotopic (exact) mass is 329 g/mol. The van der Waals surface area contributed by atoms with Gasteiger partial charge >= 0.3 is 0 Å². The van der Waals surface area contributed by atoms with Crippen LogP contribution < -0.4 is 5.32 Å². The van der Waals surface area contributed by atoms with Crippen LogP contribution in [0.5, 0.6) is 0 Å². The number of nitrogens with one attached hydrogen (secondary N) is 1. The predicted octanol–water partition coefficient (Wildman–Crippen LogP) is 2.79. The summed E-state index contributed by atoms with van der Waals surface area (Å²) < 4.78 is 6.05. The molecule has 2 rings (SSSR count). The molecule has 1 heterocycles. The highest BCUT2D eigenvalue weighted by Crippen LogP contribution is 2.30. The van der Waals surface area contributed by atoms with Gasteiger partial charge in [0.1, 0.15) is 5.76 Å². The molecule has 1 saturated carbocycles. The fourth-order valence-electron chi connectivity index (χ4n) is 2.56. The first kappa shape index (κ1) is 14.6. The van der Waals surface area contributed by atoms with E-state index in [0.717, 1.165) is 37.9 Å². The smallest absolute Gasteiger partial charge is 0.222 e. The lowest BCUT2D eigenvalue weighted by Gasteiger charge is -2.31. The standard InChI is InChI=1S/C14H20BrNO3/c15-12-5-4-11(19-12)6-9-16-13(17)10-14(18)7-2-1-3-8-14/h4-5,18H,1-3,6-10H2,(H,16,17). The lowest BCUT2D eigenvalue weighted by Crippen LogP contribution is -2.38. The molecule has 0 atom stereocenters. The molecule has 0 aromatic carbocycles. The van der Waals surface area contributed by atoms with Crippen LogP contribution in [0.15, 0.2) is 21.2 Å². The van der Waals surface area contributed by atoms with Crippen molar-refractivity contribution in [1.82, 2.24) is 5.32 Å². The molecule has 1 aliphatic rings. The van der Waals surface area contributed by atoms with Crippen LogP contribution in [-0.4, -0.2) is 23.2 Å². The fourth-order valence-corrected chi connectivity index (χ4v) is 2.90. The summed E-state index contributed by atoms with van der Waals surface area (Å²) in [4.78, 5) is 11.8. The summed E-state index contributed by atoms with van der Waals surface area (Å²) in [6.07, 6.45) is 5.56. The van der Waals surface area contributed by atoms with Crippen LogP contribution in [0.25, 0.3) is 0 Å². The Morgan fingerprint density at radius 2 is 2.11 bits per heavy atom. The van der Waals surface area contributed by atoms with Crippen molar-refractivity contribution >= 4 is 21.8 Å². The molecule has 1 fully saturated rings. The van der Waals surface area contributed by atoms with Gasteiger partial charge < -0.3 is 14.8 Å². The van der Waals surface area contributed by atoms with Crippen molar-refractivity contribution in [1.29, 1.82) is 0 Å². The normalized spacial score (nSPS) is 18.2. The molecule has 0 aliphatic heterocycles. The maximum atomic E-state index is 11.8. The molecule has 0 unspecified atom stereocenters. The first-order valence-corrected chi connectivity index (χ1v) is 7.60. The Morgan fingerprint density at radius 1 is 1.37 bits per heavy atom. The van der Waals surface area contributed by atoms with Crippen LogP contribution in [-0.2, 0) is 11.2 Å². The van der Waals surface area contributed by atoms with Gasteiger partial charge in [-0.2, -0.15) is 0 Å². The van der Waals surface area contributed by atoms with Gasteiger partial charge in [0.15, 0.2) is 4.67 Å². The van der Waals surface area contributed by atoms with Crippen LogP contribution in [0.4, 0.5) is 0 Å². The summed E-state index contributed by atoms with van der Waals surface area (Å²) in [5.41, 5.74) is -0.782. The number of halogens is 1. The van der Waals surface area contributed by atoms with E-state index < -0.39 is 5.60 Å². The van der Waals surface area contributed by atoms with E-state index in [4.69, 9.17) is 4.42 Å². The first-order chi connectivity index (χ1) is 9.07. The topological polar surface area (TPSA) is 62.5 Å². The molecule has 0 spiro atoms. The van der Waals surface area contributed by atoms with E-state index in [9.17, 15) is 9.90 Å². The molecule has 2 N–H and O–H groups in total. The van der Waals surface area contributed by atoms with Crippen molar-refractivity contribution in [3.8, 4) is 0 Å². The van der Waals surface area contributed by atoms with Crippen molar-refractivity contribution in [2.45, 2.75) is 50.5 Å². The summed E-state index contributed by atoms with van der Waals surface area (Å²) in [6, 6.07) is 3.72. The zero-order valence-electron chi connectivity index (χ0n) is 11.0. The van der Waals surface area contributed by atoms with Gasteiger partial charge in [-0.25, -0.2) is 0 Å². The van der Waals surface area contributed by atoms with Crippen molar-refractivity contribution in [2.75, 3.05) is 6.54 Å². The van der Waals surface area contributed by atoms with Crippen molar-refractivity contribution in [3.63, 3.8) is 0 Å². The highest BCUT2D eigenvalue weighted by atomic mass is 79.9. The zero-order chi connectivity index (χ0) is 13.7. The molecule has 1 amide bonds. The Morgan fingerprint density at radius 3 is 2.74 bits per heavy atom. The Balaban J connectivity index is 1.69. The number of rotatable bonds is 5. The van der Waals surface area contributed by atoms with Gasteiger partial charge in [-0.1, -0.05) is 19.3 Å². The Bertz CT molecular complexity index is 424. The third kappa shape index (κ3) is 4.66. The van der Waals surface area contributed by atoms with Crippen molar-refractivity contribution in [3.05, 3.63) is 22.6 Å². The van der Waals surface area contributed by atoms with Gasteiger partial charge in [0.25, 0.3) is 0 Å². The number of carbonyl (C=O) groups excluding carboxylic acids is 1. The van der Waals surface area contributed by atoms with Crippen LogP contribution in [0.1, 0.15) is 44.3 Å². The highest BCUT2D eigenvalue weighted by Gasteiger charge is 2.31. The molecule has 0 bridgehead atoms. The third-order valence-corrected chi connectivity index (χ3v) is 4.02. The zero-order valence-corrected chi connectivity index (χ0v) is 12.5. The summed E-state index contributed by atoms with van der Waals surface area (Å²) >= 11 is 3.24.